The molecule has 1 atom stereocenters. The van der Waals surface area contributed by atoms with Crippen LogP contribution in [0.5, 0.6) is 5.75 Å². The van der Waals surface area contributed by atoms with Crippen LogP contribution in [0.4, 0.5) is 0 Å². The van der Waals surface area contributed by atoms with E-state index in [9.17, 15) is 9.90 Å². The van der Waals surface area contributed by atoms with Crippen LogP contribution in [0.1, 0.15) is 23.9 Å². The smallest absolute Gasteiger partial charge is 0.192 e. The van der Waals surface area contributed by atoms with E-state index in [1.54, 1.807) is 6.92 Å². The molecule has 0 aliphatic heterocycles. The Morgan fingerprint density at radius 3 is 2.56 bits per heavy atom. The Bertz CT molecular complexity index is 912. The lowest BCUT2D eigenvalue weighted by atomic mass is 10.2. The predicted molar refractivity (Wildman–Crippen MR) is 101 cm³/mol. The molecule has 3 aromatic rings. The molecule has 0 N–H and O–H groups in total. The highest BCUT2D eigenvalue weighted by Gasteiger charge is 2.17. The van der Waals surface area contributed by atoms with Gasteiger partial charge in [-0.3, -0.25) is 4.57 Å². The van der Waals surface area contributed by atoms with Gasteiger partial charge in [-0.2, -0.15) is 0 Å². The number of carboxylic acid groups (broad SMARTS) is 1. The molecule has 0 saturated carbocycles. The molecule has 1 heterocycles. The van der Waals surface area contributed by atoms with Gasteiger partial charge in [0.25, 0.3) is 0 Å². The van der Waals surface area contributed by atoms with Gasteiger partial charge in [-0.1, -0.05) is 60.3 Å². The summed E-state index contributed by atoms with van der Waals surface area (Å²) in [5.74, 6) is 0.284. The van der Waals surface area contributed by atoms with E-state index in [-0.39, 0.29) is 6.61 Å². The SMILES string of the molecule is Cc1ccccc1OCc1nnc(S[C@H](C)C(=O)[O-])n1Cc1ccccc1. The number of ether oxygens (including phenoxy) is 1. The molecule has 0 spiro atoms. The first-order valence-electron chi connectivity index (χ1n) is 8.56. The maximum absolute atomic E-state index is 11.1. The zero-order valence-electron chi connectivity index (χ0n) is 15.2. The van der Waals surface area contributed by atoms with Crippen LogP contribution in [-0.4, -0.2) is 26.0 Å². The first kappa shape index (κ1) is 19.0. The van der Waals surface area contributed by atoms with Crippen LogP contribution in [0.25, 0.3) is 0 Å². The number of carbonyl (C=O) groups excluding carboxylic acids is 1. The van der Waals surface area contributed by atoms with Crippen LogP contribution < -0.4 is 9.84 Å². The highest BCUT2D eigenvalue weighted by molar-refractivity contribution is 8.00. The first-order valence-corrected chi connectivity index (χ1v) is 9.44. The molecular formula is C20H20N3O3S-. The predicted octanol–water partition coefficient (Wildman–Crippen LogP) is 2.44. The fourth-order valence-corrected chi connectivity index (χ4v) is 3.30. The van der Waals surface area contributed by atoms with Crippen molar-refractivity contribution in [1.29, 1.82) is 0 Å². The summed E-state index contributed by atoms with van der Waals surface area (Å²) in [4.78, 5) is 11.1. The van der Waals surface area contributed by atoms with Gasteiger partial charge in [0.2, 0.25) is 0 Å². The highest BCUT2D eigenvalue weighted by Crippen LogP contribution is 2.24. The number of aliphatic carboxylic acids is 1. The van der Waals surface area contributed by atoms with Gasteiger partial charge < -0.3 is 14.6 Å². The normalized spacial score (nSPS) is 11.9. The van der Waals surface area contributed by atoms with Crippen LogP contribution in [0, 0.1) is 6.92 Å². The van der Waals surface area contributed by atoms with E-state index in [1.807, 2.05) is 66.1 Å². The van der Waals surface area contributed by atoms with Gasteiger partial charge in [-0.15, -0.1) is 10.2 Å². The van der Waals surface area contributed by atoms with Crippen LogP contribution in [0.2, 0.25) is 0 Å². The standard InChI is InChI=1S/C20H21N3O3S/c1-14-8-6-7-11-17(14)26-13-18-21-22-20(27-15(2)19(24)25)23(18)12-16-9-4-3-5-10-16/h3-11,15H,12-13H2,1-2H3,(H,24,25)/p-1/t15-/m1/s1. The van der Waals surface area contributed by atoms with E-state index in [0.29, 0.717) is 17.5 Å². The van der Waals surface area contributed by atoms with Crippen molar-refractivity contribution in [3.05, 3.63) is 71.5 Å². The number of carbonyl (C=O) groups is 1. The minimum Gasteiger partial charge on any atom is -0.549 e. The maximum atomic E-state index is 11.1. The Labute approximate surface area is 162 Å². The molecule has 0 radical (unpaired) electrons. The molecule has 0 unspecified atom stereocenters. The van der Waals surface area contributed by atoms with E-state index in [0.717, 1.165) is 28.6 Å². The van der Waals surface area contributed by atoms with E-state index in [1.165, 1.54) is 0 Å². The zero-order chi connectivity index (χ0) is 19.2. The molecule has 3 rings (SSSR count). The van der Waals surface area contributed by atoms with Crippen LogP contribution in [0.3, 0.4) is 0 Å². The van der Waals surface area contributed by atoms with Gasteiger partial charge in [-0.25, -0.2) is 0 Å². The summed E-state index contributed by atoms with van der Waals surface area (Å²) < 4.78 is 7.79. The molecule has 0 fully saturated rings. The molecule has 6 nitrogen and oxygen atoms in total. The Balaban J connectivity index is 1.84. The van der Waals surface area contributed by atoms with E-state index in [2.05, 4.69) is 10.2 Å². The van der Waals surface area contributed by atoms with Crippen LogP contribution >= 0.6 is 11.8 Å². The minimum atomic E-state index is -1.13. The average molecular weight is 382 g/mol. The summed E-state index contributed by atoms with van der Waals surface area (Å²) in [5.41, 5.74) is 2.10. The molecule has 7 heteroatoms. The summed E-state index contributed by atoms with van der Waals surface area (Å²) in [6, 6.07) is 17.6. The van der Waals surface area contributed by atoms with Gasteiger partial charge >= 0.3 is 0 Å². The largest absolute Gasteiger partial charge is 0.549 e. The second kappa shape index (κ2) is 8.73. The van der Waals surface area contributed by atoms with Crippen molar-refractivity contribution in [1.82, 2.24) is 14.8 Å². The summed E-state index contributed by atoms with van der Waals surface area (Å²) in [6.07, 6.45) is 0. The molecule has 0 aliphatic carbocycles. The summed E-state index contributed by atoms with van der Waals surface area (Å²) in [7, 11) is 0. The average Bonchev–Trinajstić information content (AvgIpc) is 3.03. The fourth-order valence-electron chi connectivity index (χ4n) is 2.50. The number of thioether (sulfide) groups is 1. The molecule has 2 aromatic carbocycles. The number of nitrogens with zero attached hydrogens (tertiary/aromatic N) is 3. The third-order valence-electron chi connectivity index (χ3n) is 4.04. The van der Waals surface area contributed by atoms with Gasteiger partial charge in [0.15, 0.2) is 11.0 Å². The number of aromatic nitrogens is 3. The zero-order valence-corrected chi connectivity index (χ0v) is 16.0. The van der Waals surface area contributed by atoms with Crippen molar-refractivity contribution < 1.29 is 14.6 Å². The topological polar surface area (TPSA) is 80.1 Å². The summed E-state index contributed by atoms with van der Waals surface area (Å²) in [5, 5.41) is 19.3. The Morgan fingerprint density at radius 2 is 1.85 bits per heavy atom. The van der Waals surface area contributed by atoms with Gasteiger partial charge in [0.1, 0.15) is 12.4 Å². The Kier molecular flexibility index (Phi) is 6.13. The van der Waals surface area contributed by atoms with Crippen molar-refractivity contribution in [2.24, 2.45) is 0 Å². The third-order valence-corrected chi connectivity index (χ3v) is 5.10. The van der Waals surface area contributed by atoms with Crippen LogP contribution in [-0.2, 0) is 17.9 Å². The highest BCUT2D eigenvalue weighted by atomic mass is 32.2. The summed E-state index contributed by atoms with van der Waals surface area (Å²) in [6.45, 7) is 4.32. The third kappa shape index (κ3) is 4.89. The number of rotatable bonds is 8. The van der Waals surface area contributed by atoms with E-state index >= 15 is 0 Å². The molecule has 1 aromatic heterocycles. The number of para-hydroxylation sites is 1. The quantitative estimate of drug-likeness (QED) is 0.557. The van der Waals surface area contributed by atoms with E-state index < -0.39 is 11.2 Å². The number of benzene rings is 2. The Morgan fingerprint density at radius 1 is 1.15 bits per heavy atom. The molecule has 0 saturated heterocycles. The number of hydrogen-bond donors (Lipinski definition) is 0. The van der Waals surface area contributed by atoms with Crippen LogP contribution in [0.15, 0.2) is 59.8 Å². The second-order valence-electron chi connectivity index (χ2n) is 6.10. The lowest BCUT2D eigenvalue weighted by molar-refractivity contribution is -0.304. The van der Waals surface area contributed by atoms with Crippen molar-refractivity contribution in [3.8, 4) is 5.75 Å². The second-order valence-corrected chi connectivity index (χ2v) is 7.41. The molecule has 0 bridgehead atoms. The minimum absolute atomic E-state index is 0.241. The molecular weight excluding hydrogens is 362 g/mol. The monoisotopic (exact) mass is 382 g/mol. The van der Waals surface area contributed by atoms with Gasteiger partial charge in [0, 0.05) is 5.25 Å². The maximum Gasteiger partial charge on any atom is 0.192 e. The molecule has 140 valence electrons. The molecule has 0 amide bonds. The lowest BCUT2D eigenvalue weighted by Gasteiger charge is -2.15. The van der Waals surface area contributed by atoms with Gasteiger partial charge in [-0.05, 0) is 31.0 Å². The van der Waals surface area contributed by atoms with Crippen molar-refractivity contribution in [2.75, 3.05) is 0 Å². The number of hydrogen-bond acceptors (Lipinski definition) is 6. The molecule has 27 heavy (non-hydrogen) atoms. The van der Waals surface area contributed by atoms with Crippen molar-refractivity contribution >= 4 is 17.7 Å². The number of carboxylic acids is 1. The fraction of sp³-hybridized carbons (Fsp3) is 0.250. The first-order chi connectivity index (χ1) is 13.0. The number of aryl methyl sites for hydroxylation is 1. The molecule has 0 aliphatic rings. The Hall–Kier alpha value is -2.80. The van der Waals surface area contributed by atoms with Crippen molar-refractivity contribution in [2.45, 2.75) is 37.4 Å². The van der Waals surface area contributed by atoms with E-state index in [4.69, 9.17) is 4.74 Å². The van der Waals surface area contributed by atoms with Crippen molar-refractivity contribution in [3.63, 3.8) is 0 Å². The summed E-state index contributed by atoms with van der Waals surface area (Å²) >= 11 is 1.11. The van der Waals surface area contributed by atoms with Gasteiger partial charge in [0.05, 0.1) is 12.5 Å². The lowest BCUT2D eigenvalue weighted by Crippen LogP contribution is -2.31.